The van der Waals surface area contributed by atoms with Crippen LogP contribution in [0.1, 0.15) is 130 Å². The fourth-order valence-electron chi connectivity index (χ4n) is 9.93. The number of alkyl carbamates (subject to hydrolysis) is 1. The van der Waals surface area contributed by atoms with Crippen LogP contribution in [-0.2, 0) is 68.0 Å². The van der Waals surface area contributed by atoms with E-state index in [1.165, 1.54) is 27.7 Å². The van der Waals surface area contributed by atoms with Crippen LogP contribution in [0, 0.1) is 28.7 Å². The van der Waals surface area contributed by atoms with Gasteiger partial charge in [0.1, 0.15) is 34.7 Å². The number of nitrogens with zero attached hydrogens (tertiary/aromatic N) is 6. The quantitative estimate of drug-likeness (QED) is 0.0431. The number of carboxylic acid groups (broad SMARTS) is 1. The number of nitrogen functional groups attached to an aromatic ring is 2. The van der Waals surface area contributed by atoms with Gasteiger partial charge in [0.15, 0.2) is 23.3 Å². The van der Waals surface area contributed by atoms with Gasteiger partial charge in [0, 0.05) is 42.5 Å². The summed E-state index contributed by atoms with van der Waals surface area (Å²) in [4.78, 5) is 94.5. The molecule has 0 saturated carbocycles. The first kappa shape index (κ1) is 66.8. The first-order valence-electron chi connectivity index (χ1n) is 28.7. The number of rotatable bonds is 12. The van der Waals surface area contributed by atoms with Crippen molar-refractivity contribution in [2.75, 3.05) is 11.5 Å². The monoisotopic (exact) mass is 1250 g/mol. The molecule has 476 valence electrons. The Morgan fingerprint density at radius 2 is 0.945 bits per heavy atom. The van der Waals surface area contributed by atoms with Crippen molar-refractivity contribution < 1.29 is 70.8 Å². The second kappa shape index (κ2) is 26.5. The third kappa shape index (κ3) is 16.2. The molecule has 20 nitrogen and oxygen atoms in total. The fraction of sp³-hybridized carbons (Fsp3) is 0.313. The smallest absolute Gasteiger partial charge is 0.408 e. The maximum Gasteiger partial charge on any atom is 0.408 e. The Labute approximate surface area is 521 Å². The van der Waals surface area contributed by atoms with Gasteiger partial charge in [-0.1, -0.05) is 60.7 Å². The number of anilines is 2. The minimum absolute atomic E-state index is 0.0332. The molecule has 91 heavy (non-hydrogen) atoms. The summed E-state index contributed by atoms with van der Waals surface area (Å²) in [6.07, 6.45) is -0.967. The third-order valence-corrected chi connectivity index (χ3v) is 14.4. The Morgan fingerprint density at radius 3 is 1.34 bits per heavy atom. The molecule has 0 aliphatic carbocycles. The van der Waals surface area contributed by atoms with Crippen LogP contribution in [0.2, 0.25) is 0 Å². The second-order valence-corrected chi connectivity index (χ2v) is 25.0. The zero-order valence-corrected chi connectivity index (χ0v) is 51.8. The van der Waals surface area contributed by atoms with E-state index < -0.39 is 82.6 Å². The van der Waals surface area contributed by atoms with Gasteiger partial charge in [-0.2, -0.15) is 0 Å². The molecule has 0 fully saturated rings. The SMILES string of the molecule is CC(C)(C)OC(=O)CC(C)(C)C(=O)OCc1cc(F)c(F)cc1-c1ccc2nc(N)nc(C(=O)N3Cc4ccccc4C3)c2c1.CC(C)(C)OC(=O)NC(C)(C)C(=O)O.Nc1nc(C(=O)N2Cc3ccccc3C2)c2cc(-c3cc(F)c(F)cc3CO)ccc2n1. The summed E-state index contributed by atoms with van der Waals surface area (Å²) >= 11 is 0. The van der Waals surface area contributed by atoms with Crippen LogP contribution in [-0.4, -0.2) is 92.5 Å². The highest BCUT2D eigenvalue weighted by Gasteiger charge is 2.36. The summed E-state index contributed by atoms with van der Waals surface area (Å²) in [5.41, 5.74) is 15.0. The molecule has 0 bridgehead atoms. The number of carbonyl (C=O) groups is 6. The van der Waals surface area contributed by atoms with E-state index in [4.69, 9.17) is 30.8 Å². The van der Waals surface area contributed by atoms with Gasteiger partial charge in [0.25, 0.3) is 11.8 Å². The highest BCUT2D eigenvalue weighted by Crippen LogP contribution is 2.35. The average molecular weight is 1250 g/mol. The number of hydrogen-bond donors (Lipinski definition) is 5. The first-order valence-corrected chi connectivity index (χ1v) is 28.7. The van der Waals surface area contributed by atoms with E-state index in [-0.39, 0.29) is 58.2 Å². The number of carbonyl (C=O) groups excluding carboxylic acids is 5. The molecule has 0 unspecified atom stereocenters. The number of aliphatic carboxylic acids is 1. The minimum atomic E-state index is -1.32. The van der Waals surface area contributed by atoms with Crippen molar-refractivity contribution in [1.82, 2.24) is 35.1 Å². The van der Waals surface area contributed by atoms with Crippen molar-refractivity contribution in [1.29, 1.82) is 0 Å². The lowest BCUT2D eigenvalue weighted by Crippen LogP contribution is -2.51. The van der Waals surface area contributed by atoms with Crippen LogP contribution in [0.3, 0.4) is 0 Å². The fourth-order valence-corrected chi connectivity index (χ4v) is 9.93. The van der Waals surface area contributed by atoms with Crippen molar-refractivity contribution in [2.45, 2.75) is 132 Å². The molecule has 0 atom stereocenters. The molecule has 4 heterocycles. The lowest BCUT2D eigenvalue weighted by atomic mass is 9.89. The molecule has 6 aromatic carbocycles. The van der Waals surface area contributed by atoms with Crippen LogP contribution in [0.5, 0.6) is 0 Å². The Hall–Kier alpha value is -10.1. The molecule has 24 heteroatoms. The van der Waals surface area contributed by atoms with Gasteiger partial charge in [0.05, 0.1) is 29.5 Å². The summed E-state index contributed by atoms with van der Waals surface area (Å²) in [6.45, 7) is 17.0. The van der Waals surface area contributed by atoms with E-state index in [9.17, 15) is 51.4 Å². The van der Waals surface area contributed by atoms with Gasteiger partial charge in [-0.3, -0.25) is 19.2 Å². The number of aliphatic hydroxyl groups is 1. The average Bonchev–Trinajstić information content (AvgIpc) is 1.52. The van der Waals surface area contributed by atoms with E-state index in [0.29, 0.717) is 64.7 Å². The van der Waals surface area contributed by atoms with E-state index in [1.54, 1.807) is 87.7 Å². The standard InChI is InChI=1S/C34H34F2N4O5.C24H18F2N4O2.C9H17NO4/c1-33(2,3)45-28(41)15-34(4,5)31(43)44-18-22-13-25(35)26(36)14-23(22)19-10-11-27-24(12-19)29(39-32(37)38-27)30(42)40-16-20-8-6-7-9-21(20)17-40;25-19-8-16(12-31)17(9-20(19)26)13-5-6-21-18(7-13)22(29-24(27)28-21)23(32)30-10-14-3-1-2-4-15(14)11-30;1-8(2,3)14-7(13)10-9(4,5)6(11)12/h6-14H,15-18H2,1-5H3,(H2,37,38,39);1-9,31H,10-12H2,(H2,27,28,29);1-5H3,(H,10,13)(H,11,12). The van der Waals surface area contributed by atoms with E-state index in [2.05, 4.69) is 25.3 Å². The zero-order valence-electron chi connectivity index (χ0n) is 51.8. The van der Waals surface area contributed by atoms with Gasteiger partial charge in [0.2, 0.25) is 11.9 Å². The van der Waals surface area contributed by atoms with Crippen LogP contribution in [0.15, 0.2) is 109 Å². The Morgan fingerprint density at radius 1 is 0.549 bits per heavy atom. The second-order valence-electron chi connectivity index (χ2n) is 25.0. The maximum absolute atomic E-state index is 14.6. The number of hydrogen-bond acceptors (Lipinski definition) is 16. The van der Waals surface area contributed by atoms with E-state index in [0.717, 1.165) is 46.5 Å². The Balaban J connectivity index is 0.000000201. The molecule has 3 amide bonds. The molecule has 10 rings (SSSR count). The van der Waals surface area contributed by atoms with Gasteiger partial charge in [-0.15, -0.1) is 0 Å². The van der Waals surface area contributed by atoms with Crippen LogP contribution >= 0.6 is 0 Å². The van der Waals surface area contributed by atoms with Gasteiger partial charge in [-0.05, 0) is 168 Å². The number of nitrogens with two attached hydrogens (primary N) is 2. The number of benzene rings is 6. The number of carboxylic acids is 1. The topological polar surface area (TPSA) is 293 Å². The number of aromatic nitrogens is 4. The summed E-state index contributed by atoms with van der Waals surface area (Å²) in [7, 11) is 0. The number of nitrogens with one attached hydrogen (secondary N) is 1. The molecule has 2 aromatic heterocycles. The lowest BCUT2D eigenvalue weighted by molar-refractivity contribution is -0.166. The van der Waals surface area contributed by atoms with Gasteiger partial charge >= 0.3 is 24.0 Å². The van der Waals surface area contributed by atoms with Crippen molar-refractivity contribution in [3.8, 4) is 22.3 Å². The summed E-state index contributed by atoms with van der Waals surface area (Å²) in [5, 5.41) is 21.4. The largest absolute Gasteiger partial charge is 0.480 e. The Kier molecular flexibility index (Phi) is 19.5. The van der Waals surface area contributed by atoms with Crippen LogP contribution < -0.4 is 16.8 Å². The maximum atomic E-state index is 14.6. The summed E-state index contributed by atoms with van der Waals surface area (Å²) in [5.74, 6) is -7.46. The molecular formula is C67H69F4N9O11. The Bertz CT molecular complexity index is 4140. The minimum Gasteiger partial charge on any atom is -0.480 e. The van der Waals surface area contributed by atoms with Crippen LogP contribution in [0.4, 0.5) is 34.3 Å². The third-order valence-electron chi connectivity index (χ3n) is 14.4. The molecule has 2 aliphatic rings. The highest BCUT2D eigenvalue weighted by atomic mass is 19.2. The molecule has 7 N–H and O–H groups in total. The number of fused-ring (bicyclic) bond motifs is 4. The molecule has 2 aliphatic heterocycles. The molecule has 0 radical (unpaired) electrons. The zero-order chi connectivity index (χ0) is 66.7. The number of aliphatic hydroxyl groups excluding tert-OH is 1. The molecule has 0 spiro atoms. The van der Waals surface area contributed by atoms with Crippen LogP contribution in [0.25, 0.3) is 44.1 Å². The van der Waals surface area contributed by atoms with E-state index >= 15 is 0 Å². The van der Waals surface area contributed by atoms with E-state index in [1.807, 2.05) is 48.5 Å². The number of halogens is 4. The molecule has 0 saturated heterocycles. The summed E-state index contributed by atoms with van der Waals surface area (Å²) in [6, 6.07) is 29.3. The number of ether oxygens (including phenoxy) is 3. The van der Waals surface area contributed by atoms with Crippen molar-refractivity contribution in [3.05, 3.63) is 177 Å². The first-order chi connectivity index (χ1) is 42.6. The highest BCUT2D eigenvalue weighted by molar-refractivity contribution is 6.07. The predicted molar refractivity (Wildman–Crippen MR) is 330 cm³/mol. The lowest BCUT2D eigenvalue weighted by Gasteiger charge is -2.25. The van der Waals surface area contributed by atoms with Gasteiger partial charge in [-0.25, -0.2) is 47.1 Å². The van der Waals surface area contributed by atoms with Crippen molar-refractivity contribution in [2.24, 2.45) is 5.41 Å². The summed E-state index contributed by atoms with van der Waals surface area (Å²) < 4.78 is 72.4. The number of amides is 3. The normalized spacial score (nSPS) is 12.9. The molecular weight excluding hydrogens is 1180 g/mol. The van der Waals surface area contributed by atoms with Gasteiger partial charge < -0.3 is 51.0 Å². The predicted octanol–water partition coefficient (Wildman–Crippen LogP) is 11.3. The van der Waals surface area contributed by atoms with Crippen molar-refractivity contribution >= 4 is 69.5 Å². The molecule has 8 aromatic rings. The van der Waals surface area contributed by atoms with Crippen molar-refractivity contribution in [3.63, 3.8) is 0 Å². The number of esters is 2.